The minimum atomic E-state index is -0.0934. The summed E-state index contributed by atoms with van der Waals surface area (Å²) in [6.07, 6.45) is 0. The minimum absolute atomic E-state index is 0.0934. The largest absolute Gasteiger partial charge is 0.316 e. The highest BCUT2D eigenvalue weighted by atomic mass is 19.1. The van der Waals surface area contributed by atoms with Gasteiger partial charge in [0, 0.05) is 43.8 Å². The van der Waals surface area contributed by atoms with Crippen LogP contribution in [0.25, 0.3) is 0 Å². The monoisotopic (exact) mass is 279 g/mol. The molecule has 0 spiro atoms. The lowest BCUT2D eigenvalue weighted by atomic mass is 10.1. The summed E-state index contributed by atoms with van der Waals surface area (Å²) in [5, 5.41) is 3.11. The molecule has 1 aliphatic rings. The maximum Gasteiger partial charge on any atom is 0.127 e. The molecule has 2 atom stereocenters. The zero-order valence-electron chi connectivity index (χ0n) is 13.0. The van der Waals surface area contributed by atoms with Crippen molar-refractivity contribution in [2.45, 2.75) is 39.0 Å². The molecule has 0 aromatic heterocycles. The van der Waals surface area contributed by atoms with Gasteiger partial charge in [0.15, 0.2) is 0 Å². The molecule has 0 amide bonds. The van der Waals surface area contributed by atoms with Gasteiger partial charge >= 0.3 is 0 Å². The molecule has 0 saturated carbocycles. The van der Waals surface area contributed by atoms with Gasteiger partial charge in [0.05, 0.1) is 0 Å². The van der Waals surface area contributed by atoms with Gasteiger partial charge in [-0.05, 0) is 39.6 Å². The van der Waals surface area contributed by atoms with E-state index in [9.17, 15) is 4.39 Å². The quantitative estimate of drug-likeness (QED) is 0.910. The Hall–Kier alpha value is -0.970. The number of hydrogen-bond acceptors (Lipinski definition) is 3. The zero-order chi connectivity index (χ0) is 14.7. The number of piperazine rings is 1. The third kappa shape index (κ3) is 3.57. The summed E-state index contributed by atoms with van der Waals surface area (Å²) in [6.45, 7) is 7.94. The molecule has 0 bridgehead atoms. The first kappa shape index (κ1) is 15.4. The number of nitrogens with one attached hydrogen (secondary N) is 1. The fraction of sp³-hybridized carbons (Fsp3) is 0.625. The van der Waals surface area contributed by atoms with Crippen molar-refractivity contribution in [2.24, 2.45) is 0 Å². The molecule has 2 rings (SSSR count). The first-order valence-corrected chi connectivity index (χ1v) is 7.37. The van der Waals surface area contributed by atoms with Gasteiger partial charge in [0.1, 0.15) is 5.82 Å². The van der Waals surface area contributed by atoms with E-state index in [1.54, 1.807) is 6.07 Å². The van der Waals surface area contributed by atoms with E-state index < -0.39 is 0 Å². The van der Waals surface area contributed by atoms with Crippen LogP contribution in [0.1, 0.15) is 25.0 Å². The maximum absolute atomic E-state index is 14.0. The molecule has 0 aliphatic carbocycles. The van der Waals surface area contributed by atoms with Crippen molar-refractivity contribution < 1.29 is 4.39 Å². The predicted octanol–water partition coefficient (Wildman–Crippen LogP) is 2.07. The molecule has 1 heterocycles. The smallest absolute Gasteiger partial charge is 0.127 e. The van der Waals surface area contributed by atoms with Crippen LogP contribution in [-0.2, 0) is 13.1 Å². The molecular weight excluding hydrogens is 253 g/mol. The van der Waals surface area contributed by atoms with E-state index in [0.717, 1.165) is 30.8 Å². The van der Waals surface area contributed by atoms with Crippen molar-refractivity contribution in [3.05, 3.63) is 35.1 Å². The first-order valence-electron chi connectivity index (χ1n) is 7.37. The molecule has 20 heavy (non-hydrogen) atoms. The van der Waals surface area contributed by atoms with Crippen molar-refractivity contribution in [3.63, 3.8) is 0 Å². The lowest BCUT2D eigenvalue weighted by molar-refractivity contribution is 0.0550. The lowest BCUT2D eigenvalue weighted by Gasteiger charge is -2.42. The van der Waals surface area contributed by atoms with Crippen LogP contribution >= 0.6 is 0 Å². The fourth-order valence-electron chi connectivity index (χ4n) is 2.95. The Morgan fingerprint density at radius 1 is 1.25 bits per heavy atom. The van der Waals surface area contributed by atoms with Gasteiger partial charge in [0.25, 0.3) is 0 Å². The van der Waals surface area contributed by atoms with E-state index in [4.69, 9.17) is 0 Å². The second-order valence-electron chi connectivity index (χ2n) is 6.01. The second-order valence-corrected chi connectivity index (χ2v) is 6.01. The van der Waals surface area contributed by atoms with Crippen LogP contribution in [0.5, 0.6) is 0 Å². The van der Waals surface area contributed by atoms with Gasteiger partial charge in [-0.3, -0.25) is 9.80 Å². The highest BCUT2D eigenvalue weighted by Gasteiger charge is 2.26. The van der Waals surface area contributed by atoms with Crippen molar-refractivity contribution in [1.29, 1.82) is 0 Å². The molecule has 4 heteroatoms. The average Bonchev–Trinajstić information content (AvgIpc) is 2.40. The number of halogens is 1. The number of nitrogens with zero attached hydrogens (tertiary/aromatic N) is 2. The Balaban J connectivity index is 2.07. The van der Waals surface area contributed by atoms with Crippen LogP contribution < -0.4 is 5.32 Å². The third-order valence-corrected chi connectivity index (χ3v) is 4.32. The summed E-state index contributed by atoms with van der Waals surface area (Å²) < 4.78 is 14.0. The third-order valence-electron chi connectivity index (χ3n) is 4.32. The Morgan fingerprint density at radius 2 is 1.90 bits per heavy atom. The molecule has 2 unspecified atom stereocenters. The van der Waals surface area contributed by atoms with Crippen LogP contribution in [0, 0.1) is 5.82 Å². The first-order chi connectivity index (χ1) is 9.51. The topological polar surface area (TPSA) is 18.5 Å². The van der Waals surface area contributed by atoms with Crippen LogP contribution in [0.3, 0.4) is 0 Å². The van der Waals surface area contributed by atoms with E-state index in [0.29, 0.717) is 18.6 Å². The van der Waals surface area contributed by atoms with Crippen molar-refractivity contribution in [3.8, 4) is 0 Å². The molecule has 1 aromatic carbocycles. The summed E-state index contributed by atoms with van der Waals surface area (Å²) in [6, 6.07) is 6.46. The molecule has 1 saturated heterocycles. The molecule has 1 fully saturated rings. The second kappa shape index (κ2) is 6.66. The normalized spacial score (nSPS) is 25.1. The van der Waals surface area contributed by atoms with Crippen LogP contribution in [0.2, 0.25) is 0 Å². The fourth-order valence-corrected chi connectivity index (χ4v) is 2.95. The average molecular weight is 279 g/mol. The van der Waals surface area contributed by atoms with E-state index in [1.165, 1.54) is 0 Å². The SMILES string of the molecule is CNCc1ccc(F)c(CN2CC(C)N(C)C(C)C2)c1. The van der Waals surface area contributed by atoms with Crippen LogP contribution in [0.15, 0.2) is 18.2 Å². The Morgan fingerprint density at radius 3 is 2.50 bits per heavy atom. The van der Waals surface area contributed by atoms with Gasteiger partial charge in [-0.2, -0.15) is 0 Å². The van der Waals surface area contributed by atoms with Crippen molar-refractivity contribution in [1.82, 2.24) is 15.1 Å². The molecular formula is C16H26FN3. The van der Waals surface area contributed by atoms with E-state index in [1.807, 2.05) is 19.2 Å². The Bertz CT molecular complexity index is 437. The molecule has 112 valence electrons. The number of benzene rings is 1. The van der Waals surface area contributed by atoms with Gasteiger partial charge in [-0.15, -0.1) is 0 Å². The van der Waals surface area contributed by atoms with Gasteiger partial charge in [0.2, 0.25) is 0 Å². The van der Waals surface area contributed by atoms with Crippen molar-refractivity contribution >= 4 is 0 Å². The zero-order valence-corrected chi connectivity index (χ0v) is 13.0. The summed E-state index contributed by atoms with van der Waals surface area (Å²) in [5.41, 5.74) is 1.95. The Labute approximate surface area is 121 Å². The molecule has 1 N–H and O–H groups in total. The van der Waals surface area contributed by atoms with Gasteiger partial charge < -0.3 is 5.32 Å². The highest BCUT2D eigenvalue weighted by Crippen LogP contribution is 2.18. The summed E-state index contributed by atoms with van der Waals surface area (Å²) >= 11 is 0. The molecule has 1 aliphatic heterocycles. The molecule has 3 nitrogen and oxygen atoms in total. The number of hydrogen-bond donors (Lipinski definition) is 1. The summed E-state index contributed by atoms with van der Waals surface area (Å²) in [4.78, 5) is 4.75. The van der Waals surface area contributed by atoms with Crippen LogP contribution in [-0.4, -0.2) is 49.1 Å². The number of likely N-dealkylation sites (N-methyl/N-ethyl adjacent to an activating group) is 1. The minimum Gasteiger partial charge on any atom is -0.316 e. The van der Waals surface area contributed by atoms with Crippen molar-refractivity contribution in [2.75, 3.05) is 27.2 Å². The Kier molecular flexibility index (Phi) is 5.13. The standard InChI is InChI=1S/C16H26FN3/c1-12-9-20(10-13(2)19(12)4)11-15-7-14(8-18-3)5-6-16(15)17/h5-7,12-13,18H,8-11H2,1-4H3. The van der Waals surface area contributed by atoms with E-state index in [-0.39, 0.29) is 5.82 Å². The van der Waals surface area contributed by atoms with E-state index in [2.05, 4.69) is 36.0 Å². The summed E-state index contributed by atoms with van der Waals surface area (Å²) in [7, 11) is 4.08. The molecule has 0 radical (unpaired) electrons. The predicted molar refractivity (Wildman–Crippen MR) is 81.1 cm³/mol. The molecule has 1 aromatic rings. The van der Waals surface area contributed by atoms with Crippen LogP contribution in [0.4, 0.5) is 4.39 Å². The maximum atomic E-state index is 14.0. The summed E-state index contributed by atoms with van der Waals surface area (Å²) in [5.74, 6) is -0.0934. The van der Waals surface area contributed by atoms with Gasteiger partial charge in [-0.25, -0.2) is 4.39 Å². The lowest BCUT2D eigenvalue weighted by Crippen LogP contribution is -2.54. The highest BCUT2D eigenvalue weighted by molar-refractivity contribution is 5.25. The number of rotatable bonds is 4. The van der Waals surface area contributed by atoms with E-state index >= 15 is 0 Å². The van der Waals surface area contributed by atoms with Gasteiger partial charge in [-0.1, -0.05) is 12.1 Å².